The first-order valence-electron chi connectivity index (χ1n) is 6.60. The van der Waals surface area contributed by atoms with Gasteiger partial charge in [-0.25, -0.2) is 0 Å². The number of carbonyl (C=O) groups excluding carboxylic acids is 1. The Bertz CT molecular complexity index is 444. The van der Waals surface area contributed by atoms with Gasteiger partial charge in [-0.1, -0.05) is 39.0 Å². The third kappa shape index (κ3) is 3.98. The zero-order chi connectivity index (χ0) is 14.7. The van der Waals surface area contributed by atoms with Crippen LogP contribution in [0.15, 0.2) is 24.3 Å². The summed E-state index contributed by atoms with van der Waals surface area (Å²) in [6.07, 6.45) is 0. The molecule has 0 bridgehead atoms. The number of esters is 1. The van der Waals surface area contributed by atoms with Crippen LogP contribution < -0.4 is 5.32 Å². The van der Waals surface area contributed by atoms with Gasteiger partial charge in [0.05, 0.1) is 12.5 Å². The van der Waals surface area contributed by atoms with Crippen molar-refractivity contribution in [1.29, 1.82) is 0 Å². The van der Waals surface area contributed by atoms with Crippen molar-refractivity contribution in [3.05, 3.63) is 29.8 Å². The molecule has 0 fully saturated rings. The molecule has 0 aromatic heterocycles. The predicted molar refractivity (Wildman–Crippen MR) is 79.4 cm³/mol. The van der Waals surface area contributed by atoms with Gasteiger partial charge in [0.25, 0.3) is 0 Å². The van der Waals surface area contributed by atoms with Gasteiger partial charge in [0.15, 0.2) is 0 Å². The molecule has 0 aliphatic heterocycles. The molecule has 3 nitrogen and oxygen atoms in total. The lowest BCUT2D eigenvalue weighted by Gasteiger charge is -2.27. The van der Waals surface area contributed by atoms with Gasteiger partial charge in [-0.2, -0.15) is 0 Å². The minimum Gasteiger partial charge on any atom is -0.469 e. The molecule has 0 saturated heterocycles. The number of anilines is 1. The van der Waals surface area contributed by atoms with Crippen molar-refractivity contribution in [3.8, 4) is 0 Å². The van der Waals surface area contributed by atoms with E-state index < -0.39 is 5.41 Å². The molecular weight excluding hydrogens is 238 g/mol. The van der Waals surface area contributed by atoms with Crippen LogP contribution in [0.5, 0.6) is 0 Å². The average Bonchev–Trinajstić information content (AvgIpc) is 2.34. The van der Waals surface area contributed by atoms with Gasteiger partial charge in [-0.15, -0.1) is 0 Å². The number of benzene rings is 1. The zero-order valence-corrected chi connectivity index (χ0v) is 12.8. The lowest BCUT2D eigenvalue weighted by molar-refractivity contribution is -0.149. The number of methoxy groups -OCH3 is 1. The monoisotopic (exact) mass is 263 g/mol. The number of hydrogen-bond acceptors (Lipinski definition) is 3. The van der Waals surface area contributed by atoms with E-state index in [0.717, 1.165) is 5.69 Å². The Hall–Kier alpha value is -1.51. The van der Waals surface area contributed by atoms with Gasteiger partial charge in [0.2, 0.25) is 0 Å². The summed E-state index contributed by atoms with van der Waals surface area (Å²) < 4.78 is 4.82. The van der Waals surface area contributed by atoms with Gasteiger partial charge >= 0.3 is 5.97 Å². The highest BCUT2D eigenvalue weighted by Gasteiger charge is 2.29. The molecule has 106 valence electrons. The van der Waals surface area contributed by atoms with Crippen LogP contribution in [0, 0.1) is 5.41 Å². The smallest absolute Gasteiger partial charge is 0.313 e. The third-order valence-corrected chi connectivity index (χ3v) is 3.19. The lowest BCUT2D eigenvalue weighted by Crippen LogP contribution is -2.33. The molecule has 0 radical (unpaired) electrons. The number of hydrogen-bond donors (Lipinski definition) is 1. The lowest BCUT2D eigenvalue weighted by atomic mass is 9.85. The van der Waals surface area contributed by atoms with Crippen LogP contribution in [0.4, 0.5) is 5.69 Å². The SMILES string of the molecule is COC(=O)C(C)(C)CNc1ccccc1C(C)(C)C. The van der Waals surface area contributed by atoms with E-state index in [2.05, 4.69) is 32.2 Å². The summed E-state index contributed by atoms with van der Waals surface area (Å²) in [5.41, 5.74) is 1.85. The fourth-order valence-corrected chi connectivity index (χ4v) is 1.96. The van der Waals surface area contributed by atoms with Crippen LogP contribution in [-0.4, -0.2) is 19.6 Å². The second-order valence-corrected chi connectivity index (χ2v) is 6.52. The average molecular weight is 263 g/mol. The van der Waals surface area contributed by atoms with E-state index in [0.29, 0.717) is 6.54 Å². The minimum absolute atomic E-state index is 0.0685. The summed E-state index contributed by atoms with van der Waals surface area (Å²) in [5, 5.41) is 3.37. The molecular formula is C16H25NO2. The van der Waals surface area contributed by atoms with Gasteiger partial charge in [-0.3, -0.25) is 4.79 Å². The van der Waals surface area contributed by atoms with E-state index in [1.54, 1.807) is 0 Å². The second kappa shape index (κ2) is 5.64. The highest BCUT2D eigenvalue weighted by atomic mass is 16.5. The Morgan fingerprint density at radius 1 is 1.16 bits per heavy atom. The molecule has 1 aromatic carbocycles. The highest BCUT2D eigenvalue weighted by molar-refractivity contribution is 5.76. The molecule has 0 unspecified atom stereocenters. The van der Waals surface area contributed by atoms with E-state index in [1.807, 2.05) is 32.0 Å². The van der Waals surface area contributed by atoms with Gasteiger partial charge in [0.1, 0.15) is 0 Å². The molecule has 0 atom stereocenters. The minimum atomic E-state index is -0.542. The number of nitrogens with one attached hydrogen (secondary N) is 1. The van der Waals surface area contributed by atoms with Crippen molar-refractivity contribution in [1.82, 2.24) is 0 Å². The first-order chi connectivity index (χ1) is 8.68. The quantitative estimate of drug-likeness (QED) is 0.844. The predicted octanol–water partition coefficient (Wildman–Crippen LogP) is 3.60. The van der Waals surface area contributed by atoms with Gasteiger partial charge in [0, 0.05) is 12.2 Å². The molecule has 3 heteroatoms. The molecule has 0 heterocycles. The summed E-state index contributed by atoms with van der Waals surface area (Å²) in [6.45, 7) is 10.8. The molecule has 0 amide bonds. The van der Waals surface area contributed by atoms with Crippen LogP contribution in [-0.2, 0) is 14.9 Å². The van der Waals surface area contributed by atoms with E-state index >= 15 is 0 Å². The van der Waals surface area contributed by atoms with Crippen molar-refractivity contribution in [2.75, 3.05) is 19.0 Å². The number of ether oxygens (including phenoxy) is 1. The van der Waals surface area contributed by atoms with E-state index in [9.17, 15) is 4.79 Å². The first-order valence-corrected chi connectivity index (χ1v) is 6.60. The Balaban J connectivity index is 2.87. The topological polar surface area (TPSA) is 38.3 Å². The van der Waals surface area contributed by atoms with E-state index in [-0.39, 0.29) is 11.4 Å². The van der Waals surface area contributed by atoms with Crippen molar-refractivity contribution >= 4 is 11.7 Å². The summed E-state index contributed by atoms with van der Waals surface area (Å²) >= 11 is 0. The van der Waals surface area contributed by atoms with Crippen LogP contribution in [0.3, 0.4) is 0 Å². The largest absolute Gasteiger partial charge is 0.469 e. The Kier molecular flexibility index (Phi) is 4.61. The Morgan fingerprint density at radius 3 is 2.26 bits per heavy atom. The van der Waals surface area contributed by atoms with Crippen LogP contribution in [0.25, 0.3) is 0 Å². The fourth-order valence-electron chi connectivity index (χ4n) is 1.96. The van der Waals surface area contributed by atoms with Gasteiger partial charge in [-0.05, 0) is 30.9 Å². The van der Waals surface area contributed by atoms with Crippen molar-refractivity contribution in [3.63, 3.8) is 0 Å². The van der Waals surface area contributed by atoms with Crippen LogP contribution in [0.2, 0.25) is 0 Å². The van der Waals surface area contributed by atoms with E-state index in [1.165, 1.54) is 12.7 Å². The number of para-hydroxylation sites is 1. The van der Waals surface area contributed by atoms with Crippen molar-refractivity contribution in [2.45, 2.75) is 40.0 Å². The third-order valence-electron chi connectivity index (χ3n) is 3.19. The zero-order valence-electron chi connectivity index (χ0n) is 12.8. The van der Waals surface area contributed by atoms with Gasteiger partial charge < -0.3 is 10.1 Å². The van der Waals surface area contributed by atoms with Crippen LogP contribution >= 0.6 is 0 Å². The maximum absolute atomic E-state index is 11.7. The summed E-state index contributed by atoms with van der Waals surface area (Å²) in [7, 11) is 1.42. The number of carbonyl (C=O) groups is 1. The molecule has 1 rings (SSSR count). The van der Waals surface area contributed by atoms with Crippen LogP contribution in [0.1, 0.15) is 40.2 Å². The first kappa shape index (κ1) is 15.5. The molecule has 0 aliphatic carbocycles. The summed E-state index contributed by atoms with van der Waals surface area (Å²) in [4.78, 5) is 11.7. The molecule has 0 aliphatic rings. The normalized spacial score (nSPS) is 12.1. The maximum Gasteiger partial charge on any atom is 0.313 e. The molecule has 1 N–H and O–H groups in total. The summed E-state index contributed by atoms with van der Waals surface area (Å²) in [5.74, 6) is -0.201. The van der Waals surface area contributed by atoms with Crippen molar-refractivity contribution < 1.29 is 9.53 Å². The fraction of sp³-hybridized carbons (Fsp3) is 0.562. The Labute approximate surface area is 116 Å². The summed E-state index contributed by atoms with van der Waals surface area (Å²) in [6, 6.07) is 8.21. The number of rotatable bonds is 4. The molecule has 0 spiro atoms. The van der Waals surface area contributed by atoms with Crippen molar-refractivity contribution in [2.24, 2.45) is 5.41 Å². The Morgan fingerprint density at radius 2 is 1.74 bits per heavy atom. The molecule has 1 aromatic rings. The maximum atomic E-state index is 11.7. The molecule has 0 saturated carbocycles. The second-order valence-electron chi connectivity index (χ2n) is 6.52. The van der Waals surface area contributed by atoms with E-state index in [4.69, 9.17) is 4.74 Å². The standard InChI is InChI=1S/C16H25NO2/c1-15(2,3)12-9-7-8-10-13(12)17-11-16(4,5)14(18)19-6/h7-10,17H,11H2,1-6H3. The highest BCUT2D eigenvalue weighted by Crippen LogP contribution is 2.30. The molecule has 19 heavy (non-hydrogen) atoms.